The molecule has 36 heavy (non-hydrogen) atoms. The number of rotatable bonds is 8. The molecule has 0 bridgehead atoms. The van der Waals surface area contributed by atoms with Crippen molar-refractivity contribution in [2.24, 2.45) is 10.9 Å². The highest BCUT2D eigenvalue weighted by Crippen LogP contribution is 2.32. The Kier molecular flexibility index (Phi) is 9.91. The van der Waals surface area contributed by atoms with Crippen molar-refractivity contribution in [3.8, 4) is 16.3 Å². The van der Waals surface area contributed by atoms with Crippen LogP contribution < -0.4 is 4.74 Å². The second kappa shape index (κ2) is 12.9. The summed E-state index contributed by atoms with van der Waals surface area (Å²) in [6, 6.07) is 14.0. The van der Waals surface area contributed by atoms with E-state index in [0.717, 1.165) is 54.7 Å². The van der Waals surface area contributed by atoms with Crippen molar-refractivity contribution in [3.63, 3.8) is 0 Å². The number of halogens is 1. The molecule has 0 spiro atoms. The zero-order chi connectivity index (χ0) is 26.2. The fraction of sp³-hybridized carbons (Fsp3) is 0.333. The lowest BCUT2D eigenvalue weighted by atomic mass is 9.90. The van der Waals surface area contributed by atoms with Gasteiger partial charge >= 0.3 is 0 Å². The number of benzene rings is 2. The SMILES string of the molecule is C=C(O)CC(C1=NCC=C1)c1ccc(OCc2sc(-c3ccc(C)c(Cl)c3)nc2C)cc1.CC(C)C. The molecule has 1 aliphatic rings. The summed E-state index contributed by atoms with van der Waals surface area (Å²) >= 11 is 7.90. The molecule has 4 nitrogen and oxygen atoms in total. The van der Waals surface area contributed by atoms with Gasteiger partial charge in [0.2, 0.25) is 0 Å². The summed E-state index contributed by atoms with van der Waals surface area (Å²) in [5, 5.41) is 11.4. The van der Waals surface area contributed by atoms with Crippen LogP contribution in [0.3, 0.4) is 0 Å². The molecule has 0 fully saturated rings. The van der Waals surface area contributed by atoms with E-state index in [2.05, 4.69) is 32.3 Å². The van der Waals surface area contributed by atoms with E-state index in [0.29, 0.717) is 19.6 Å². The molecular formula is C30H35ClN2O2S. The van der Waals surface area contributed by atoms with Crippen molar-refractivity contribution >= 4 is 28.6 Å². The molecule has 1 aromatic heterocycles. The number of nitrogens with zero attached hydrogens (tertiary/aromatic N) is 2. The quantitative estimate of drug-likeness (QED) is 0.300. The summed E-state index contributed by atoms with van der Waals surface area (Å²) in [6.45, 7) is 15.3. The number of aliphatic imine (C=N–C) groups is 1. The Morgan fingerprint density at radius 3 is 2.42 bits per heavy atom. The van der Waals surface area contributed by atoms with Gasteiger partial charge in [-0.1, -0.05) is 69.3 Å². The van der Waals surface area contributed by atoms with E-state index < -0.39 is 0 Å². The molecule has 0 amide bonds. The first-order chi connectivity index (χ1) is 17.1. The molecule has 2 aromatic carbocycles. The zero-order valence-corrected chi connectivity index (χ0v) is 23.3. The normalized spacial score (nSPS) is 13.2. The number of aliphatic hydroxyl groups is 1. The Labute approximate surface area is 224 Å². The van der Waals surface area contributed by atoms with Crippen molar-refractivity contribution < 1.29 is 9.84 Å². The van der Waals surface area contributed by atoms with Gasteiger partial charge in [0.05, 0.1) is 22.9 Å². The maximum atomic E-state index is 9.74. The second-order valence-corrected chi connectivity index (χ2v) is 11.1. The summed E-state index contributed by atoms with van der Waals surface area (Å²) < 4.78 is 6.04. The van der Waals surface area contributed by atoms with Gasteiger partial charge in [0, 0.05) is 28.6 Å². The fourth-order valence-corrected chi connectivity index (χ4v) is 4.75. The largest absolute Gasteiger partial charge is 0.513 e. The maximum Gasteiger partial charge on any atom is 0.124 e. The molecule has 1 aliphatic heterocycles. The Bertz CT molecular complexity index is 1240. The Balaban J connectivity index is 0.000000840. The maximum absolute atomic E-state index is 9.74. The first-order valence-corrected chi connectivity index (χ1v) is 13.4. The molecule has 6 heteroatoms. The van der Waals surface area contributed by atoms with E-state index in [1.807, 2.05) is 68.5 Å². The van der Waals surface area contributed by atoms with Gasteiger partial charge in [-0.15, -0.1) is 11.3 Å². The molecule has 1 N–H and O–H groups in total. The van der Waals surface area contributed by atoms with Gasteiger partial charge < -0.3 is 9.84 Å². The minimum Gasteiger partial charge on any atom is -0.513 e. The molecule has 2 heterocycles. The van der Waals surface area contributed by atoms with Crippen molar-refractivity contribution in [1.29, 1.82) is 0 Å². The topological polar surface area (TPSA) is 54.7 Å². The van der Waals surface area contributed by atoms with Crippen LogP contribution >= 0.6 is 22.9 Å². The van der Waals surface area contributed by atoms with E-state index in [-0.39, 0.29) is 11.7 Å². The fourth-order valence-electron chi connectivity index (χ4n) is 3.60. The van der Waals surface area contributed by atoms with Crippen LogP contribution in [-0.2, 0) is 6.61 Å². The molecule has 4 rings (SSSR count). The van der Waals surface area contributed by atoms with Crippen LogP contribution in [0, 0.1) is 19.8 Å². The molecular weight excluding hydrogens is 488 g/mol. The van der Waals surface area contributed by atoms with E-state index in [1.54, 1.807) is 11.3 Å². The first-order valence-electron chi connectivity index (χ1n) is 12.2. The van der Waals surface area contributed by atoms with Gasteiger partial charge in [0.25, 0.3) is 0 Å². The number of ether oxygens (including phenoxy) is 1. The summed E-state index contributed by atoms with van der Waals surface area (Å²) in [6.07, 6.45) is 4.49. The lowest BCUT2D eigenvalue weighted by molar-refractivity contribution is 0.308. The Hall–Kier alpha value is -2.89. The molecule has 0 radical (unpaired) electrons. The van der Waals surface area contributed by atoms with Crippen LogP contribution in [-0.4, -0.2) is 22.3 Å². The van der Waals surface area contributed by atoms with Crippen molar-refractivity contribution in [3.05, 3.63) is 93.7 Å². The standard InChI is InChI=1S/C26H25ClN2O2S.C4H10/c1-16-6-7-20(14-23(16)27)26-29-18(3)25(32-26)15-31-21-10-8-19(9-11-21)22(13-17(2)30)24-5-4-12-28-24;1-4(2)3/h4-11,14,22,30H,2,12-13,15H2,1,3H3;4H,1-3H3. The highest BCUT2D eigenvalue weighted by molar-refractivity contribution is 7.15. The highest BCUT2D eigenvalue weighted by Gasteiger charge is 2.19. The predicted molar refractivity (Wildman–Crippen MR) is 154 cm³/mol. The number of aliphatic hydroxyl groups excluding tert-OH is 1. The monoisotopic (exact) mass is 522 g/mol. The number of aryl methyl sites for hydroxylation is 2. The van der Waals surface area contributed by atoms with Crippen molar-refractivity contribution in [2.45, 2.75) is 53.6 Å². The second-order valence-electron chi connectivity index (χ2n) is 9.57. The van der Waals surface area contributed by atoms with Crippen LogP contribution in [0.25, 0.3) is 10.6 Å². The van der Waals surface area contributed by atoms with E-state index in [1.165, 1.54) is 0 Å². The first kappa shape index (κ1) is 27.7. The van der Waals surface area contributed by atoms with E-state index in [4.69, 9.17) is 21.3 Å². The van der Waals surface area contributed by atoms with Gasteiger partial charge in [-0.2, -0.15) is 0 Å². The number of thiazole rings is 1. The third kappa shape index (κ3) is 7.81. The molecule has 0 saturated carbocycles. The molecule has 190 valence electrons. The van der Waals surface area contributed by atoms with Crippen LogP contribution in [0.5, 0.6) is 5.75 Å². The van der Waals surface area contributed by atoms with E-state index in [9.17, 15) is 5.11 Å². The van der Waals surface area contributed by atoms with Gasteiger partial charge in [-0.25, -0.2) is 4.98 Å². The minimum absolute atomic E-state index is 0.00654. The van der Waals surface area contributed by atoms with Crippen LogP contribution in [0.2, 0.25) is 5.02 Å². The Morgan fingerprint density at radius 1 is 1.14 bits per heavy atom. The average Bonchev–Trinajstić information content (AvgIpc) is 3.48. The summed E-state index contributed by atoms with van der Waals surface area (Å²) in [5.74, 6) is 1.77. The Morgan fingerprint density at radius 2 is 1.83 bits per heavy atom. The third-order valence-corrected chi connectivity index (χ3v) is 7.02. The smallest absolute Gasteiger partial charge is 0.124 e. The summed E-state index contributed by atoms with van der Waals surface area (Å²) in [7, 11) is 0. The van der Waals surface area contributed by atoms with Crippen LogP contribution in [0.4, 0.5) is 0 Å². The van der Waals surface area contributed by atoms with Crippen molar-refractivity contribution in [1.82, 2.24) is 4.98 Å². The average molecular weight is 523 g/mol. The highest BCUT2D eigenvalue weighted by atomic mass is 35.5. The zero-order valence-electron chi connectivity index (χ0n) is 21.7. The van der Waals surface area contributed by atoms with E-state index >= 15 is 0 Å². The molecule has 1 unspecified atom stereocenters. The predicted octanol–water partition coefficient (Wildman–Crippen LogP) is 8.88. The van der Waals surface area contributed by atoms with Gasteiger partial charge in [-0.05, 0) is 55.2 Å². The van der Waals surface area contributed by atoms with Crippen LogP contribution in [0.15, 0.2) is 71.9 Å². The third-order valence-electron chi connectivity index (χ3n) is 5.43. The lowest BCUT2D eigenvalue weighted by Gasteiger charge is -2.17. The summed E-state index contributed by atoms with van der Waals surface area (Å²) in [4.78, 5) is 10.3. The number of allylic oxidation sites excluding steroid dienone is 2. The van der Waals surface area contributed by atoms with Gasteiger partial charge in [0.15, 0.2) is 0 Å². The molecule has 0 saturated heterocycles. The summed E-state index contributed by atoms with van der Waals surface area (Å²) in [5.41, 5.74) is 5.08. The molecule has 0 aliphatic carbocycles. The van der Waals surface area contributed by atoms with Crippen LogP contribution in [0.1, 0.15) is 54.8 Å². The number of aromatic nitrogens is 1. The molecule has 3 aromatic rings. The van der Waals surface area contributed by atoms with Gasteiger partial charge in [0.1, 0.15) is 17.4 Å². The van der Waals surface area contributed by atoms with Crippen molar-refractivity contribution in [2.75, 3.05) is 6.54 Å². The number of hydrogen-bond donors (Lipinski definition) is 1. The molecule has 1 atom stereocenters. The van der Waals surface area contributed by atoms with Gasteiger partial charge in [-0.3, -0.25) is 4.99 Å². The lowest BCUT2D eigenvalue weighted by Crippen LogP contribution is -2.10. The minimum atomic E-state index is -0.00654. The number of hydrogen-bond acceptors (Lipinski definition) is 5.